The number of hydrogen-bond acceptors (Lipinski definition) is 3. The molecule has 1 aromatic heterocycles. The zero-order chi connectivity index (χ0) is 11.6. The molecule has 0 fully saturated rings. The first-order chi connectivity index (χ1) is 6.97. The van der Waals surface area contributed by atoms with Gasteiger partial charge < -0.3 is 10.9 Å². The van der Waals surface area contributed by atoms with E-state index in [1.54, 1.807) is 0 Å². The second-order valence-corrected chi connectivity index (χ2v) is 4.39. The first kappa shape index (κ1) is 12.0. The molecule has 0 aliphatic heterocycles. The van der Waals surface area contributed by atoms with Crippen molar-refractivity contribution in [2.24, 2.45) is 16.8 Å². The third kappa shape index (κ3) is 2.50. The average molecular weight is 275 g/mol. The van der Waals surface area contributed by atoms with Crippen molar-refractivity contribution >= 4 is 21.8 Å². The molecular weight excluding hydrogens is 260 g/mol. The van der Waals surface area contributed by atoms with Gasteiger partial charge in [0.15, 0.2) is 0 Å². The highest BCUT2D eigenvalue weighted by molar-refractivity contribution is 9.10. The molecule has 0 aromatic carbocycles. The van der Waals surface area contributed by atoms with Gasteiger partial charge in [-0.15, -0.1) is 0 Å². The summed E-state index contributed by atoms with van der Waals surface area (Å²) in [6.07, 6.45) is 0. The van der Waals surface area contributed by atoms with Gasteiger partial charge in [-0.05, 0) is 29.8 Å². The fourth-order valence-electron chi connectivity index (χ4n) is 1.30. The molecule has 1 aromatic rings. The smallest absolute Gasteiger partial charge is 0.143 e. The van der Waals surface area contributed by atoms with Crippen LogP contribution in [0.2, 0.25) is 0 Å². The van der Waals surface area contributed by atoms with Crippen molar-refractivity contribution < 1.29 is 5.21 Å². The van der Waals surface area contributed by atoms with Crippen molar-refractivity contribution in [3.63, 3.8) is 0 Å². The van der Waals surface area contributed by atoms with Gasteiger partial charge in [0.2, 0.25) is 0 Å². The summed E-state index contributed by atoms with van der Waals surface area (Å²) in [5.41, 5.74) is 7.50. The SMILES string of the molecule is Cc1nn(CC(C)C(N)=NO)c(C)c1Br. The van der Waals surface area contributed by atoms with Gasteiger partial charge in [0.05, 0.1) is 16.7 Å². The first-order valence-corrected chi connectivity index (χ1v) is 5.43. The molecule has 1 unspecified atom stereocenters. The fourth-order valence-corrected chi connectivity index (χ4v) is 1.59. The van der Waals surface area contributed by atoms with Crippen LogP contribution in [0.15, 0.2) is 9.63 Å². The Labute approximate surface area is 97.1 Å². The lowest BCUT2D eigenvalue weighted by Gasteiger charge is -2.10. The monoisotopic (exact) mass is 274 g/mol. The number of aromatic nitrogens is 2. The van der Waals surface area contributed by atoms with E-state index < -0.39 is 0 Å². The van der Waals surface area contributed by atoms with E-state index in [-0.39, 0.29) is 11.8 Å². The summed E-state index contributed by atoms with van der Waals surface area (Å²) in [7, 11) is 0. The van der Waals surface area contributed by atoms with Crippen LogP contribution in [-0.2, 0) is 6.54 Å². The lowest BCUT2D eigenvalue weighted by Crippen LogP contribution is -2.26. The van der Waals surface area contributed by atoms with Crippen molar-refractivity contribution in [1.82, 2.24) is 9.78 Å². The van der Waals surface area contributed by atoms with E-state index >= 15 is 0 Å². The molecule has 1 rings (SSSR count). The standard InChI is InChI=1S/C9H15BrN4O/c1-5(9(11)13-15)4-14-7(3)8(10)6(2)12-14/h5,15H,4H2,1-3H3,(H2,11,13). The minimum absolute atomic E-state index is 0.0418. The maximum Gasteiger partial charge on any atom is 0.143 e. The average Bonchev–Trinajstić information content (AvgIpc) is 2.45. The van der Waals surface area contributed by atoms with Crippen LogP contribution in [-0.4, -0.2) is 20.8 Å². The maximum atomic E-state index is 8.54. The van der Waals surface area contributed by atoms with Crippen LogP contribution >= 0.6 is 15.9 Å². The van der Waals surface area contributed by atoms with Gasteiger partial charge in [0, 0.05) is 11.6 Å². The highest BCUT2D eigenvalue weighted by Crippen LogP contribution is 2.20. The number of rotatable bonds is 3. The van der Waals surface area contributed by atoms with E-state index in [0.717, 1.165) is 15.9 Å². The van der Waals surface area contributed by atoms with Gasteiger partial charge in [-0.25, -0.2) is 0 Å². The van der Waals surface area contributed by atoms with Crippen LogP contribution in [0.5, 0.6) is 0 Å². The van der Waals surface area contributed by atoms with Crippen LogP contribution in [0, 0.1) is 19.8 Å². The predicted molar refractivity (Wildman–Crippen MR) is 62.0 cm³/mol. The summed E-state index contributed by atoms with van der Waals surface area (Å²) in [4.78, 5) is 0. The van der Waals surface area contributed by atoms with E-state index in [1.807, 2.05) is 25.5 Å². The highest BCUT2D eigenvalue weighted by atomic mass is 79.9. The molecule has 3 N–H and O–H groups in total. The van der Waals surface area contributed by atoms with E-state index in [1.165, 1.54) is 0 Å². The molecule has 84 valence electrons. The van der Waals surface area contributed by atoms with Gasteiger partial charge in [0.1, 0.15) is 5.84 Å². The molecule has 5 nitrogen and oxygen atoms in total. The Kier molecular flexibility index (Phi) is 3.73. The second kappa shape index (κ2) is 4.65. The molecule has 0 saturated heterocycles. The lowest BCUT2D eigenvalue weighted by atomic mass is 10.1. The molecule has 0 amide bonds. The van der Waals surface area contributed by atoms with E-state index in [0.29, 0.717) is 6.54 Å². The highest BCUT2D eigenvalue weighted by Gasteiger charge is 2.13. The lowest BCUT2D eigenvalue weighted by molar-refractivity contribution is 0.312. The summed E-state index contributed by atoms with van der Waals surface area (Å²) < 4.78 is 2.86. The van der Waals surface area contributed by atoms with E-state index in [9.17, 15) is 0 Å². The Morgan fingerprint density at radius 1 is 1.67 bits per heavy atom. The molecule has 0 saturated carbocycles. The minimum Gasteiger partial charge on any atom is -0.409 e. The summed E-state index contributed by atoms with van der Waals surface area (Å²) in [6, 6.07) is 0. The van der Waals surface area contributed by atoms with Crippen molar-refractivity contribution in [3.8, 4) is 0 Å². The Hall–Kier alpha value is -1.04. The van der Waals surface area contributed by atoms with Gasteiger partial charge in [-0.3, -0.25) is 4.68 Å². The van der Waals surface area contributed by atoms with Crippen LogP contribution in [0.25, 0.3) is 0 Å². The van der Waals surface area contributed by atoms with Crippen LogP contribution in [0.4, 0.5) is 0 Å². The number of hydrogen-bond donors (Lipinski definition) is 2. The van der Waals surface area contributed by atoms with Crippen LogP contribution < -0.4 is 5.73 Å². The second-order valence-electron chi connectivity index (χ2n) is 3.59. The number of aryl methyl sites for hydroxylation is 1. The molecule has 15 heavy (non-hydrogen) atoms. The van der Waals surface area contributed by atoms with Gasteiger partial charge >= 0.3 is 0 Å². The van der Waals surface area contributed by atoms with Crippen LogP contribution in [0.3, 0.4) is 0 Å². The summed E-state index contributed by atoms with van der Waals surface area (Å²) in [5.74, 6) is 0.179. The van der Waals surface area contributed by atoms with Gasteiger partial charge in [0.25, 0.3) is 0 Å². The molecule has 0 aliphatic carbocycles. The quantitative estimate of drug-likeness (QED) is 0.381. The van der Waals surface area contributed by atoms with Crippen molar-refractivity contribution in [3.05, 3.63) is 15.9 Å². The topological polar surface area (TPSA) is 76.4 Å². The first-order valence-electron chi connectivity index (χ1n) is 4.64. The third-order valence-corrected chi connectivity index (χ3v) is 3.51. The zero-order valence-corrected chi connectivity index (χ0v) is 10.6. The number of nitrogens with two attached hydrogens (primary N) is 1. The van der Waals surface area contributed by atoms with Crippen molar-refractivity contribution in [1.29, 1.82) is 0 Å². The molecule has 6 heteroatoms. The Morgan fingerprint density at radius 2 is 2.27 bits per heavy atom. The summed E-state index contributed by atoms with van der Waals surface area (Å²) >= 11 is 3.45. The molecule has 0 radical (unpaired) electrons. The fraction of sp³-hybridized carbons (Fsp3) is 0.556. The van der Waals surface area contributed by atoms with Gasteiger partial charge in [-0.1, -0.05) is 12.1 Å². The van der Waals surface area contributed by atoms with Crippen LogP contribution in [0.1, 0.15) is 18.3 Å². The Balaban J connectivity index is 2.86. The molecule has 0 bridgehead atoms. The molecule has 1 heterocycles. The normalized spacial score (nSPS) is 14.3. The molecule has 0 spiro atoms. The van der Waals surface area contributed by atoms with Crippen molar-refractivity contribution in [2.45, 2.75) is 27.3 Å². The molecular formula is C9H15BrN4O. The number of halogens is 1. The Bertz CT molecular complexity index is 386. The number of amidine groups is 1. The number of oxime groups is 1. The third-order valence-electron chi connectivity index (χ3n) is 2.36. The largest absolute Gasteiger partial charge is 0.409 e. The maximum absolute atomic E-state index is 8.54. The minimum atomic E-state index is -0.0418. The van der Waals surface area contributed by atoms with E-state index in [2.05, 4.69) is 26.2 Å². The summed E-state index contributed by atoms with van der Waals surface area (Å²) in [5, 5.41) is 15.9. The predicted octanol–water partition coefficient (Wildman–Crippen LogP) is 1.64. The molecule has 0 aliphatic rings. The Morgan fingerprint density at radius 3 is 2.67 bits per heavy atom. The van der Waals surface area contributed by atoms with Gasteiger partial charge in [-0.2, -0.15) is 5.10 Å². The summed E-state index contributed by atoms with van der Waals surface area (Å²) in [6.45, 7) is 6.40. The van der Waals surface area contributed by atoms with Crippen molar-refractivity contribution in [2.75, 3.05) is 0 Å². The van der Waals surface area contributed by atoms with E-state index in [4.69, 9.17) is 10.9 Å². The molecule has 1 atom stereocenters. The number of nitrogens with zero attached hydrogens (tertiary/aromatic N) is 3. The zero-order valence-electron chi connectivity index (χ0n) is 9.03.